The van der Waals surface area contributed by atoms with Gasteiger partial charge in [-0.1, -0.05) is 0 Å². The van der Waals surface area contributed by atoms with Crippen LogP contribution in [0.15, 0.2) is 24.3 Å². The molecule has 0 aromatic heterocycles. The third kappa shape index (κ3) is 4.57. The number of hydrogen-bond acceptors (Lipinski definition) is 4. The molecular weight excluding hydrogens is 232 g/mol. The van der Waals surface area contributed by atoms with E-state index >= 15 is 0 Å². The number of Topliss-reactive ketones (excluding diaryl/α,β-unsaturated/α-hetero) is 1. The summed E-state index contributed by atoms with van der Waals surface area (Å²) in [5, 5.41) is 0. The molecule has 0 aliphatic carbocycles. The fraction of sp³-hybridized carbons (Fsp3) is 0.429. The Labute approximate surface area is 107 Å². The van der Waals surface area contributed by atoms with Crippen molar-refractivity contribution in [3.63, 3.8) is 0 Å². The number of carbonyl (C=O) groups excluding carboxylic acids is 2. The van der Waals surface area contributed by atoms with E-state index in [1.807, 2.05) is 13.8 Å². The van der Waals surface area contributed by atoms with E-state index in [1.165, 1.54) is 0 Å². The van der Waals surface area contributed by atoms with Gasteiger partial charge in [0.15, 0.2) is 5.78 Å². The summed E-state index contributed by atoms with van der Waals surface area (Å²) in [6.45, 7) is 5.85. The summed E-state index contributed by atoms with van der Waals surface area (Å²) in [4.78, 5) is 22.9. The Morgan fingerprint density at radius 3 is 2.28 bits per heavy atom. The fourth-order valence-corrected chi connectivity index (χ4v) is 1.44. The Morgan fingerprint density at radius 1 is 1.17 bits per heavy atom. The summed E-state index contributed by atoms with van der Waals surface area (Å²) in [5.74, 6) is -0.0350. The molecule has 0 N–H and O–H groups in total. The lowest BCUT2D eigenvalue weighted by Crippen LogP contribution is -2.11. The van der Waals surface area contributed by atoms with Gasteiger partial charge in [-0.15, -0.1) is 0 Å². The van der Waals surface area contributed by atoms with Gasteiger partial charge in [0, 0.05) is 5.56 Å². The van der Waals surface area contributed by atoms with Gasteiger partial charge in [0.2, 0.25) is 0 Å². The predicted octanol–water partition coefficient (Wildman–Crippen LogP) is 2.61. The van der Waals surface area contributed by atoms with Crippen LogP contribution in [0.1, 0.15) is 37.6 Å². The Balaban J connectivity index is 2.61. The van der Waals surface area contributed by atoms with Gasteiger partial charge in [-0.25, -0.2) is 0 Å². The highest BCUT2D eigenvalue weighted by atomic mass is 16.5. The number of hydrogen-bond donors (Lipinski definition) is 0. The lowest BCUT2D eigenvalue weighted by molar-refractivity contribution is -0.141. The van der Waals surface area contributed by atoms with Crippen LogP contribution >= 0.6 is 0 Å². The minimum Gasteiger partial charge on any atom is -0.491 e. The van der Waals surface area contributed by atoms with Crippen molar-refractivity contribution in [1.82, 2.24) is 0 Å². The molecule has 0 atom stereocenters. The van der Waals surface area contributed by atoms with Crippen LogP contribution < -0.4 is 4.74 Å². The average Bonchev–Trinajstić information content (AvgIpc) is 2.29. The molecule has 1 rings (SSSR count). The standard InChI is InChI=1S/C14H18O4/c1-4-17-14(16)9-13(15)11-5-7-12(8-6-11)18-10(2)3/h5-8,10H,4,9H2,1-3H3. The number of carbonyl (C=O) groups is 2. The zero-order valence-corrected chi connectivity index (χ0v) is 10.9. The summed E-state index contributed by atoms with van der Waals surface area (Å²) in [5.41, 5.74) is 0.485. The van der Waals surface area contributed by atoms with E-state index in [0.29, 0.717) is 11.3 Å². The van der Waals surface area contributed by atoms with Gasteiger partial charge >= 0.3 is 5.97 Å². The molecule has 0 saturated heterocycles. The Bertz CT molecular complexity index is 406. The minimum absolute atomic E-state index is 0.0890. The highest BCUT2D eigenvalue weighted by Gasteiger charge is 2.12. The van der Waals surface area contributed by atoms with Crippen LogP contribution in [0.4, 0.5) is 0 Å². The maximum Gasteiger partial charge on any atom is 0.313 e. The van der Waals surface area contributed by atoms with Crippen molar-refractivity contribution in [2.24, 2.45) is 0 Å². The lowest BCUT2D eigenvalue weighted by atomic mass is 10.1. The molecule has 1 aromatic rings. The molecule has 0 aliphatic rings. The molecule has 4 heteroatoms. The van der Waals surface area contributed by atoms with Crippen LogP contribution in [-0.4, -0.2) is 24.5 Å². The maximum absolute atomic E-state index is 11.7. The molecule has 0 amide bonds. The lowest BCUT2D eigenvalue weighted by Gasteiger charge is -2.09. The van der Waals surface area contributed by atoms with Crippen LogP contribution in [0.3, 0.4) is 0 Å². The monoisotopic (exact) mass is 250 g/mol. The van der Waals surface area contributed by atoms with E-state index in [1.54, 1.807) is 31.2 Å². The second kappa shape index (κ2) is 6.79. The molecule has 0 heterocycles. The Kier molecular flexibility index (Phi) is 5.36. The van der Waals surface area contributed by atoms with Crippen molar-refractivity contribution in [2.75, 3.05) is 6.61 Å². The van der Waals surface area contributed by atoms with Crippen LogP contribution in [0.5, 0.6) is 5.75 Å². The molecule has 0 spiro atoms. The number of rotatable bonds is 6. The van der Waals surface area contributed by atoms with Gasteiger partial charge in [-0.05, 0) is 45.0 Å². The first-order valence-corrected chi connectivity index (χ1v) is 5.98. The predicted molar refractivity (Wildman–Crippen MR) is 67.8 cm³/mol. The summed E-state index contributed by atoms with van der Waals surface area (Å²) in [6.07, 6.45) is -0.135. The van der Waals surface area contributed by atoms with Crippen molar-refractivity contribution < 1.29 is 19.1 Å². The molecule has 0 fully saturated rings. The molecule has 4 nitrogen and oxygen atoms in total. The van der Waals surface area contributed by atoms with Gasteiger partial charge < -0.3 is 9.47 Å². The van der Waals surface area contributed by atoms with E-state index in [9.17, 15) is 9.59 Å². The number of esters is 1. The first kappa shape index (κ1) is 14.2. The van der Waals surface area contributed by atoms with Gasteiger partial charge in [-0.2, -0.15) is 0 Å². The van der Waals surface area contributed by atoms with E-state index in [4.69, 9.17) is 9.47 Å². The van der Waals surface area contributed by atoms with Gasteiger partial charge in [-0.3, -0.25) is 9.59 Å². The molecule has 0 radical (unpaired) electrons. The maximum atomic E-state index is 11.7. The van der Waals surface area contributed by atoms with Crippen molar-refractivity contribution in [3.8, 4) is 5.75 Å². The third-order valence-corrected chi connectivity index (χ3v) is 2.16. The zero-order chi connectivity index (χ0) is 13.5. The van der Waals surface area contributed by atoms with E-state index < -0.39 is 5.97 Å². The topological polar surface area (TPSA) is 52.6 Å². The molecule has 0 aliphatic heterocycles. The SMILES string of the molecule is CCOC(=O)CC(=O)c1ccc(OC(C)C)cc1. The van der Waals surface area contributed by atoms with Crippen LogP contribution in [0, 0.1) is 0 Å². The molecular formula is C14H18O4. The summed E-state index contributed by atoms with van der Waals surface area (Å²) in [7, 11) is 0. The van der Waals surface area contributed by atoms with Gasteiger partial charge in [0.05, 0.1) is 12.7 Å². The summed E-state index contributed by atoms with van der Waals surface area (Å²) >= 11 is 0. The number of ether oxygens (including phenoxy) is 2. The van der Waals surface area contributed by atoms with Crippen molar-refractivity contribution in [2.45, 2.75) is 33.3 Å². The van der Waals surface area contributed by atoms with Crippen LogP contribution in [-0.2, 0) is 9.53 Å². The highest BCUT2D eigenvalue weighted by molar-refractivity contribution is 6.05. The molecule has 0 bridgehead atoms. The van der Waals surface area contributed by atoms with Crippen molar-refractivity contribution in [3.05, 3.63) is 29.8 Å². The molecule has 18 heavy (non-hydrogen) atoms. The number of ketones is 1. The Hall–Kier alpha value is -1.84. The fourth-order valence-electron chi connectivity index (χ4n) is 1.44. The van der Waals surface area contributed by atoms with Crippen LogP contribution in [0.25, 0.3) is 0 Å². The first-order valence-electron chi connectivity index (χ1n) is 5.98. The van der Waals surface area contributed by atoms with Gasteiger partial charge in [0.25, 0.3) is 0 Å². The first-order chi connectivity index (χ1) is 8.52. The van der Waals surface area contributed by atoms with E-state index in [-0.39, 0.29) is 24.9 Å². The van der Waals surface area contributed by atoms with Crippen molar-refractivity contribution >= 4 is 11.8 Å². The molecule has 0 saturated carbocycles. The third-order valence-electron chi connectivity index (χ3n) is 2.16. The second-order valence-corrected chi connectivity index (χ2v) is 4.10. The zero-order valence-electron chi connectivity index (χ0n) is 10.9. The quantitative estimate of drug-likeness (QED) is 0.442. The normalized spacial score (nSPS) is 10.2. The average molecular weight is 250 g/mol. The largest absolute Gasteiger partial charge is 0.491 e. The molecule has 0 unspecified atom stereocenters. The summed E-state index contributed by atoms with van der Waals surface area (Å²) < 4.78 is 10.2. The highest BCUT2D eigenvalue weighted by Crippen LogP contribution is 2.15. The van der Waals surface area contributed by atoms with E-state index in [0.717, 1.165) is 0 Å². The summed E-state index contributed by atoms with van der Waals surface area (Å²) in [6, 6.07) is 6.75. The molecule has 1 aromatic carbocycles. The second-order valence-electron chi connectivity index (χ2n) is 4.10. The minimum atomic E-state index is -0.495. The van der Waals surface area contributed by atoms with E-state index in [2.05, 4.69) is 0 Å². The van der Waals surface area contributed by atoms with Crippen molar-refractivity contribution in [1.29, 1.82) is 0 Å². The number of benzene rings is 1. The smallest absolute Gasteiger partial charge is 0.313 e. The molecule has 98 valence electrons. The van der Waals surface area contributed by atoms with Crippen LogP contribution in [0.2, 0.25) is 0 Å². The Morgan fingerprint density at radius 2 is 1.78 bits per heavy atom. The van der Waals surface area contributed by atoms with Gasteiger partial charge in [0.1, 0.15) is 12.2 Å².